The molecule has 0 aliphatic carbocycles. The number of benzene rings is 1. The average molecular weight is 253 g/mol. The molecule has 1 aromatic rings. The second-order valence-electron chi connectivity index (χ2n) is 3.38. The molecular weight excluding hydrogens is 242 g/mol. The van der Waals surface area contributed by atoms with Crippen molar-refractivity contribution in [2.75, 3.05) is 12.9 Å². The molecule has 0 saturated carbocycles. The van der Waals surface area contributed by atoms with Crippen molar-refractivity contribution in [3.05, 3.63) is 29.8 Å². The first-order valence-corrected chi connectivity index (χ1v) is 6.20. The smallest absolute Gasteiger partial charge is 0.238 e. The van der Waals surface area contributed by atoms with Crippen molar-refractivity contribution in [1.82, 2.24) is 4.90 Å². The molecule has 0 N–H and O–H groups in total. The van der Waals surface area contributed by atoms with Gasteiger partial charge in [0.05, 0.1) is 19.4 Å². The van der Waals surface area contributed by atoms with Crippen LogP contribution in [0.2, 0.25) is 0 Å². The van der Waals surface area contributed by atoms with Gasteiger partial charge in [-0.15, -0.1) is 0 Å². The summed E-state index contributed by atoms with van der Waals surface area (Å²) in [6, 6.07) is 7.65. The number of thioether (sulfide) groups is 1. The van der Waals surface area contributed by atoms with Crippen LogP contribution in [0.4, 0.5) is 0 Å². The van der Waals surface area contributed by atoms with Crippen LogP contribution >= 0.6 is 24.0 Å². The lowest BCUT2D eigenvalue weighted by atomic mass is 10.2. The number of ether oxygens (including phenoxy) is 1. The highest BCUT2D eigenvalue weighted by molar-refractivity contribution is 8.23. The first-order valence-electron chi connectivity index (χ1n) is 4.81. The molecule has 0 spiro atoms. The third kappa shape index (κ3) is 2.36. The zero-order valence-corrected chi connectivity index (χ0v) is 10.4. The maximum Gasteiger partial charge on any atom is 0.238 e. The molecule has 16 heavy (non-hydrogen) atoms. The van der Waals surface area contributed by atoms with Crippen LogP contribution < -0.4 is 4.74 Å². The Labute approximate surface area is 104 Å². The van der Waals surface area contributed by atoms with Crippen LogP contribution in [-0.2, 0) is 11.3 Å². The number of thiocarbonyl (C=S) groups is 1. The fourth-order valence-corrected chi connectivity index (χ4v) is 2.52. The molecule has 1 aliphatic heterocycles. The van der Waals surface area contributed by atoms with E-state index in [0.29, 0.717) is 16.6 Å². The summed E-state index contributed by atoms with van der Waals surface area (Å²) >= 11 is 6.53. The molecular formula is C11H11NO2S2. The average Bonchev–Trinajstić information content (AvgIpc) is 2.62. The lowest BCUT2D eigenvalue weighted by molar-refractivity contribution is -0.124. The van der Waals surface area contributed by atoms with Crippen LogP contribution in [0.3, 0.4) is 0 Å². The predicted octanol–water partition coefficient (Wildman–Crippen LogP) is 2.06. The van der Waals surface area contributed by atoms with Gasteiger partial charge < -0.3 is 4.74 Å². The van der Waals surface area contributed by atoms with Crippen LogP contribution in [0, 0.1) is 0 Å². The number of rotatable bonds is 3. The molecule has 5 heteroatoms. The molecule has 1 saturated heterocycles. The SMILES string of the molecule is COc1ccc(CN2C(=O)CSC2=S)cc1. The maximum absolute atomic E-state index is 11.5. The maximum atomic E-state index is 11.5. The normalized spacial score (nSPS) is 15.7. The van der Waals surface area contributed by atoms with Gasteiger partial charge in [-0.2, -0.15) is 0 Å². The zero-order valence-electron chi connectivity index (χ0n) is 8.80. The second kappa shape index (κ2) is 4.84. The predicted molar refractivity (Wildman–Crippen MR) is 68.6 cm³/mol. The molecule has 1 fully saturated rings. The van der Waals surface area contributed by atoms with Crippen molar-refractivity contribution in [1.29, 1.82) is 0 Å². The molecule has 0 aromatic heterocycles. The summed E-state index contributed by atoms with van der Waals surface area (Å²) in [5.41, 5.74) is 1.05. The summed E-state index contributed by atoms with van der Waals surface area (Å²) in [7, 11) is 1.63. The van der Waals surface area contributed by atoms with Gasteiger partial charge in [-0.25, -0.2) is 0 Å². The molecule has 0 atom stereocenters. The summed E-state index contributed by atoms with van der Waals surface area (Å²) in [4.78, 5) is 13.1. The topological polar surface area (TPSA) is 29.5 Å². The largest absolute Gasteiger partial charge is 0.497 e. The highest BCUT2D eigenvalue weighted by Crippen LogP contribution is 2.22. The lowest BCUT2D eigenvalue weighted by Gasteiger charge is -2.14. The van der Waals surface area contributed by atoms with E-state index in [-0.39, 0.29) is 5.91 Å². The molecule has 0 radical (unpaired) electrons. The Morgan fingerprint density at radius 3 is 2.62 bits per heavy atom. The Kier molecular flexibility index (Phi) is 3.46. The van der Waals surface area contributed by atoms with E-state index in [9.17, 15) is 4.79 Å². The van der Waals surface area contributed by atoms with E-state index in [4.69, 9.17) is 17.0 Å². The van der Waals surface area contributed by atoms with Gasteiger partial charge >= 0.3 is 0 Å². The first-order chi connectivity index (χ1) is 7.70. The van der Waals surface area contributed by atoms with Crippen molar-refractivity contribution in [3.8, 4) is 5.75 Å². The molecule has 1 aliphatic rings. The van der Waals surface area contributed by atoms with E-state index < -0.39 is 0 Å². The Morgan fingerprint density at radius 1 is 1.44 bits per heavy atom. The first kappa shape index (κ1) is 11.4. The van der Waals surface area contributed by atoms with E-state index in [1.54, 1.807) is 12.0 Å². The molecule has 84 valence electrons. The number of carbonyl (C=O) groups excluding carboxylic acids is 1. The number of amides is 1. The Bertz CT molecular complexity index is 400. The summed E-state index contributed by atoms with van der Waals surface area (Å²) in [6.07, 6.45) is 0. The minimum Gasteiger partial charge on any atom is -0.497 e. The van der Waals surface area contributed by atoms with Crippen LogP contribution in [-0.4, -0.2) is 28.0 Å². The number of methoxy groups -OCH3 is 1. The Balaban J connectivity index is 2.08. The summed E-state index contributed by atoms with van der Waals surface area (Å²) in [5.74, 6) is 1.37. The Hall–Kier alpha value is -1.07. The van der Waals surface area contributed by atoms with Gasteiger partial charge in [-0.05, 0) is 17.7 Å². The van der Waals surface area contributed by atoms with Gasteiger partial charge in [-0.3, -0.25) is 9.69 Å². The number of hydrogen-bond donors (Lipinski definition) is 0. The van der Waals surface area contributed by atoms with Crippen LogP contribution in [0.1, 0.15) is 5.56 Å². The third-order valence-corrected chi connectivity index (χ3v) is 3.77. The van der Waals surface area contributed by atoms with Crippen molar-refractivity contribution in [3.63, 3.8) is 0 Å². The van der Waals surface area contributed by atoms with Gasteiger partial charge in [0.25, 0.3) is 0 Å². The van der Waals surface area contributed by atoms with Gasteiger partial charge in [0.15, 0.2) is 0 Å². The number of hydrogen-bond acceptors (Lipinski definition) is 4. The highest BCUT2D eigenvalue weighted by Gasteiger charge is 2.26. The Morgan fingerprint density at radius 2 is 2.12 bits per heavy atom. The van der Waals surface area contributed by atoms with Crippen molar-refractivity contribution < 1.29 is 9.53 Å². The molecule has 0 bridgehead atoms. The molecule has 1 heterocycles. The van der Waals surface area contributed by atoms with E-state index >= 15 is 0 Å². The standard InChI is InChI=1S/C11H11NO2S2/c1-14-9-4-2-8(3-5-9)6-12-10(13)7-16-11(12)15/h2-5H,6-7H2,1H3. The summed E-state index contributed by atoms with van der Waals surface area (Å²) < 4.78 is 5.74. The van der Waals surface area contributed by atoms with E-state index in [2.05, 4.69) is 0 Å². The van der Waals surface area contributed by atoms with Gasteiger partial charge in [0.2, 0.25) is 5.91 Å². The monoisotopic (exact) mass is 253 g/mol. The minimum atomic E-state index is 0.0887. The van der Waals surface area contributed by atoms with E-state index in [1.165, 1.54) is 11.8 Å². The van der Waals surface area contributed by atoms with Crippen LogP contribution in [0.5, 0.6) is 5.75 Å². The quantitative estimate of drug-likeness (QED) is 0.771. The highest BCUT2D eigenvalue weighted by atomic mass is 32.2. The molecule has 1 aromatic carbocycles. The van der Waals surface area contributed by atoms with E-state index in [1.807, 2.05) is 24.3 Å². The van der Waals surface area contributed by atoms with Crippen LogP contribution in [0.25, 0.3) is 0 Å². The second-order valence-corrected chi connectivity index (χ2v) is 4.99. The molecule has 1 amide bonds. The van der Waals surface area contributed by atoms with Gasteiger partial charge in [0, 0.05) is 0 Å². The van der Waals surface area contributed by atoms with Crippen molar-refractivity contribution >= 4 is 34.2 Å². The fourth-order valence-electron chi connectivity index (χ4n) is 1.45. The third-order valence-electron chi connectivity index (χ3n) is 2.34. The lowest BCUT2D eigenvalue weighted by Crippen LogP contribution is -2.27. The molecule has 2 rings (SSSR count). The zero-order chi connectivity index (χ0) is 11.5. The van der Waals surface area contributed by atoms with E-state index in [0.717, 1.165) is 11.3 Å². The van der Waals surface area contributed by atoms with Crippen molar-refractivity contribution in [2.45, 2.75) is 6.54 Å². The number of carbonyl (C=O) groups is 1. The molecule has 3 nitrogen and oxygen atoms in total. The van der Waals surface area contributed by atoms with Crippen LogP contribution in [0.15, 0.2) is 24.3 Å². The molecule has 0 unspecified atom stereocenters. The van der Waals surface area contributed by atoms with Gasteiger partial charge in [0.1, 0.15) is 10.1 Å². The number of nitrogens with zero attached hydrogens (tertiary/aromatic N) is 1. The minimum absolute atomic E-state index is 0.0887. The summed E-state index contributed by atoms with van der Waals surface area (Å²) in [6.45, 7) is 0.550. The fraction of sp³-hybridized carbons (Fsp3) is 0.273. The summed E-state index contributed by atoms with van der Waals surface area (Å²) in [5, 5.41) is 0. The van der Waals surface area contributed by atoms with Crippen molar-refractivity contribution in [2.24, 2.45) is 0 Å². The van der Waals surface area contributed by atoms with Gasteiger partial charge in [-0.1, -0.05) is 36.1 Å².